The van der Waals surface area contributed by atoms with Crippen molar-refractivity contribution in [1.82, 2.24) is 0 Å². The third kappa shape index (κ3) is 2.28. The summed E-state index contributed by atoms with van der Waals surface area (Å²) in [6, 6.07) is 0. The average Bonchev–Trinajstić information content (AvgIpc) is 2.91. The second kappa shape index (κ2) is 5.75. The summed E-state index contributed by atoms with van der Waals surface area (Å²) in [5.74, 6) is 5.29. The predicted octanol–water partition coefficient (Wildman–Crippen LogP) is 5.66. The predicted molar refractivity (Wildman–Crippen MR) is 96.1 cm³/mol. The Labute approximate surface area is 143 Å². The number of fused-ring (bicyclic) bond motifs is 5. The Hall–Kier alpha value is -0.0400. The number of hydrogen-bond acceptors (Lipinski definition) is 1. The van der Waals surface area contributed by atoms with E-state index in [0.29, 0.717) is 23.4 Å². The van der Waals surface area contributed by atoms with Crippen molar-refractivity contribution in [1.29, 1.82) is 0 Å². The summed E-state index contributed by atoms with van der Waals surface area (Å²) in [6.07, 6.45) is 14.8. The van der Waals surface area contributed by atoms with Crippen LogP contribution in [0, 0.1) is 46.3 Å². The van der Waals surface area contributed by atoms with Crippen LogP contribution in [0.1, 0.15) is 85.0 Å². The van der Waals surface area contributed by atoms with Gasteiger partial charge in [0, 0.05) is 6.61 Å². The van der Waals surface area contributed by atoms with Crippen molar-refractivity contribution < 1.29 is 5.11 Å². The molecule has 0 radical (unpaired) electrons. The van der Waals surface area contributed by atoms with E-state index in [1.807, 2.05) is 0 Å². The fraction of sp³-hybridized carbons (Fsp3) is 1.00. The zero-order valence-corrected chi connectivity index (χ0v) is 15.7. The highest BCUT2D eigenvalue weighted by molar-refractivity contribution is 5.09. The van der Waals surface area contributed by atoms with Gasteiger partial charge in [-0.2, -0.15) is 0 Å². The van der Waals surface area contributed by atoms with Gasteiger partial charge in [0.2, 0.25) is 0 Å². The first-order valence-electron chi connectivity index (χ1n) is 10.6. The van der Waals surface area contributed by atoms with E-state index in [1.165, 1.54) is 64.2 Å². The minimum atomic E-state index is 0.390. The van der Waals surface area contributed by atoms with Crippen molar-refractivity contribution in [3.8, 4) is 0 Å². The molecular weight excluding hydrogens is 280 g/mol. The lowest BCUT2D eigenvalue weighted by Crippen LogP contribution is -2.53. The lowest BCUT2D eigenvalue weighted by Gasteiger charge is -2.60. The largest absolute Gasteiger partial charge is 0.396 e. The van der Waals surface area contributed by atoms with E-state index < -0.39 is 0 Å². The Balaban J connectivity index is 1.60. The highest BCUT2D eigenvalue weighted by Crippen LogP contribution is 2.68. The SMILES string of the molecule is CC(CO)[C@@H]1CC[C@H]2[C@H]3CC[C@@H]4CCCC[C@]4(C)[C@H]3CC[C@@]12C. The maximum absolute atomic E-state index is 9.73. The average molecular weight is 319 g/mol. The molecular formula is C22H38O. The molecule has 4 aliphatic carbocycles. The molecule has 23 heavy (non-hydrogen) atoms. The molecule has 8 atom stereocenters. The summed E-state index contributed by atoms with van der Waals surface area (Å²) >= 11 is 0. The van der Waals surface area contributed by atoms with Crippen molar-refractivity contribution >= 4 is 0 Å². The molecule has 0 aliphatic heterocycles. The summed E-state index contributed by atoms with van der Waals surface area (Å²) in [7, 11) is 0. The van der Waals surface area contributed by atoms with E-state index in [4.69, 9.17) is 0 Å². The Kier molecular flexibility index (Phi) is 4.11. The van der Waals surface area contributed by atoms with Crippen LogP contribution in [0.3, 0.4) is 0 Å². The van der Waals surface area contributed by atoms with Crippen molar-refractivity contribution in [3.63, 3.8) is 0 Å². The molecule has 1 N–H and O–H groups in total. The van der Waals surface area contributed by atoms with Gasteiger partial charge in [-0.05, 0) is 97.7 Å². The van der Waals surface area contributed by atoms with Crippen LogP contribution in [-0.2, 0) is 0 Å². The second-order valence-corrected chi connectivity index (χ2v) is 10.3. The smallest absolute Gasteiger partial charge is 0.0459 e. The van der Waals surface area contributed by atoms with Gasteiger partial charge in [-0.1, -0.05) is 33.6 Å². The van der Waals surface area contributed by atoms with E-state index in [9.17, 15) is 5.11 Å². The van der Waals surface area contributed by atoms with Gasteiger partial charge >= 0.3 is 0 Å². The molecule has 0 bridgehead atoms. The molecule has 0 aromatic carbocycles. The first-order chi connectivity index (χ1) is 11.0. The van der Waals surface area contributed by atoms with Gasteiger partial charge in [0.05, 0.1) is 0 Å². The summed E-state index contributed by atoms with van der Waals surface area (Å²) in [6.45, 7) is 7.97. The van der Waals surface area contributed by atoms with Gasteiger partial charge in [0.15, 0.2) is 0 Å². The van der Waals surface area contributed by atoms with E-state index in [0.717, 1.165) is 29.6 Å². The van der Waals surface area contributed by atoms with E-state index >= 15 is 0 Å². The number of aliphatic hydroxyl groups excluding tert-OH is 1. The molecule has 4 saturated carbocycles. The van der Waals surface area contributed by atoms with Crippen LogP contribution in [0.15, 0.2) is 0 Å². The topological polar surface area (TPSA) is 20.2 Å². The first kappa shape index (κ1) is 16.4. The molecule has 0 aromatic rings. The fourth-order valence-electron chi connectivity index (χ4n) is 8.40. The quantitative estimate of drug-likeness (QED) is 0.696. The molecule has 0 heterocycles. The summed E-state index contributed by atoms with van der Waals surface area (Å²) in [5.41, 5.74) is 1.20. The van der Waals surface area contributed by atoms with Crippen molar-refractivity contribution in [3.05, 3.63) is 0 Å². The maximum atomic E-state index is 9.73. The molecule has 0 spiro atoms. The third-order valence-electron chi connectivity index (χ3n) is 9.63. The molecule has 1 unspecified atom stereocenters. The van der Waals surface area contributed by atoms with Crippen LogP contribution in [-0.4, -0.2) is 11.7 Å². The summed E-state index contributed by atoms with van der Waals surface area (Å²) < 4.78 is 0. The molecule has 1 heteroatoms. The van der Waals surface area contributed by atoms with E-state index in [-0.39, 0.29) is 0 Å². The Bertz CT molecular complexity index is 445. The second-order valence-electron chi connectivity index (χ2n) is 10.3. The molecule has 0 aromatic heterocycles. The highest BCUT2D eigenvalue weighted by Gasteiger charge is 2.59. The Morgan fingerprint density at radius 1 is 0.870 bits per heavy atom. The van der Waals surface area contributed by atoms with Crippen LogP contribution in [0.4, 0.5) is 0 Å². The Morgan fingerprint density at radius 2 is 1.65 bits per heavy atom. The molecule has 4 rings (SSSR count). The van der Waals surface area contributed by atoms with Gasteiger partial charge in [-0.3, -0.25) is 0 Å². The van der Waals surface area contributed by atoms with Gasteiger partial charge in [0.25, 0.3) is 0 Å². The van der Waals surface area contributed by atoms with Crippen LogP contribution < -0.4 is 0 Å². The lowest BCUT2D eigenvalue weighted by atomic mass is 9.44. The zero-order chi connectivity index (χ0) is 16.2. The van der Waals surface area contributed by atoms with E-state index in [1.54, 1.807) is 0 Å². The molecule has 4 aliphatic rings. The minimum Gasteiger partial charge on any atom is -0.396 e. The molecule has 1 nitrogen and oxygen atoms in total. The van der Waals surface area contributed by atoms with Gasteiger partial charge in [-0.15, -0.1) is 0 Å². The lowest BCUT2D eigenvalue weighted by molar-refractivity contribution is -0.115. The van der Waals surface area contributed by atoms with Gasteiger partial charge < -0.3 is 5.11 Å². The summed E-state index contributed by atoms with van der Waals surface area (Å²) in [4.78, 5) is 0. The van der Waals surface area contributed by atoms with Crippen molar-refractivity contribution in [2.45, 2.75) is 85.0 Å². The Morgan fingerprint density at radius 3 is 2.43 bits per heavy atom. The summed E-state index contributed by atoms with van der Waals surface area (Å²) in [5, 5.41) is 9.73. The minimum absolute atomic E-state index is 0.390. The maximum Gasteiger partial charge on any atom is 0.0459 e. The molecule has 132 valence electrons. The first-order valence-corrected chi connectivity index (χ1v) is 10.6. The van der Waals surface area contributed by atoms with Crippen molar-refractivity contribution in [2.75, 3.05) is 6.61 Å². The zero-order valence-electron chi connectivity index (χ0n) is 15.7. The van der Waals surface area contributed by atoms with Crippen LogP contribution in [0.25, 0.3) is 0 Å². The standard InChI is InChI=1S/C22H38O/c1-15(14-23)18-9-10-19-17-8-7-16-6-4-5-12-21(16,2)20(17)11-13-22(18,19)3/h15-20,23H,4-14H2,1-3H3/t15?,16-,17+,18-,19-,20-,21-,22-/m0/s1. The molecule has 4 fully saturated rings. The number of hydrogen-bond donors (Lipinski definition) is 1. The van der Waals surface area contributed by atoms with Gasteiger partial charge in [0.1, 0.15) is 0 Å². The van der Waals surface area contributed by atoms with Crippen LogP contribution in [0.5, 0.6) is 0 Å². The number of rotatable bonds is 2. The van der Waals surface area contributed by atoms with Crippen LogP contribution in [0.2, 0.25) is 0 Å². The number of aliphatic hydroxyl groups is 1. The van der Waals surface area contributed by atoms with Gasteiger partial charge in [-0.25, -0.2) is 0 Å². The molecule has 0 saturated heterocycles. The normalized spacial score (nSPS) is 54.0. The third-order valence-corrected chi connectivity index (χ3v) is 9.63. The highest BCUT2D eigenvalue weighted by atomic mass is 16.3. The van der Waals surface area contributed by atoms with E-state index in [2.05, 4.69) is 20.8 Å². The van der Waals surface area contributed by atoms with Crippen molar-refractivity contribution in [2.24, 2.45) is 46.3 Å². The molecule has 0 amide bonds. The van der Waals surface area contributed by atoms with Crippen LogP contribution >= 0.6 is 0 Å². The fourth-order valence-corrected chi connectivity index (χ4v) is 8.40. The monoisotopic (exact) mass is 318 g/mol.